The maximum absolute atomic E-state index is 5.62. The molecule has 0 spiro atoms. The van der Waals surface area contributed by atoms with E-state index >= 15 is 0 Å². The van der Waals surface area contributed by atoms with E-state index in [0.29, 0.717) is 11.5 Å². The Labute approximate surface area is 150 Å². The largest absolute Gasteiger partial charge is 0.497 e. The molecule has 4 rings (SSSR count). The lowest BCUT2D eigenvalue weighted by Gasteiger charge is -2.59. The molecule has 2 aliphatic carbocycles. The molecule has 0 aromatic heterocycles. The van der Waals surface area contributed by atoms with E-state index in [2.05, 4.69) is 29.0 Å². The van der Waals surface area contributed by atoms with E-state index in [-0.39, 0.29) is 17.0 Å². The van der Waals surface area contributed by atoms with Crippen LogP contribution in [0.3, 0.4) is 0 Å². The number of terminal acetylenes is 1. The van der Waals surface area contributed by atoms with Crippen molar-refractivity contribution < 1.29 is 4.74 Å². The van der Waals surface area contributed by atoms with Crippen molar-refractivity contribution in [2.24, 2.45) is 5.92 Å². The van der Waals surface area contributed by atoms with Gasteiger partial charge in [0, 0.05) is 18.0 Å². The zero-order valence-corrected chi connectivity index (χ0v) is 15.6. The number of hydrogen-bond acceptors (Lipinski definition) is 2. The second-order valence-electron chi connectivity index (χ2n) is 7.23. The second-order valence-corrected chi connectivity index (χ2v) is 7.23. The predicted molar refractivity (Wildman–Crippen MR) is 99.5 cm³/mol. The Kier molecular flexibility index (Phi) is 4.76. The molecule has 2 nitrogen and oxygen atoms in total. The summed E-state index contributed by atoms with van der Waals surface area (Å²) in [6.45, 7) is 1.96. The van der Waals surface area contributed by atoms with Crippen LogP contribution in [0, 0.1) is 18.3 Å². The van der Waals surface area contributed by atoms with Gasteiger partial charge in [0.2, 0.25) is 0 Å². The van der Waals surface area contributed by atoms with Crippen molar-refractivity contribution in [1.82, 2.24) is 4.90 Å². The number of halogens is 1. The van der Waals surface area contributed by atoms with Crippen molar-refractivity contribution in [3.63, 3.8) is 0 Å². The highest BCUT2D eigenvalue weighted by Crippen LogP contribution is 2.56. The van der Waals surface area contributed by atoms with Crippen LogP contribution in [0.1, 0.15) is 43.2 Å². The molecule has 3 atom stereocenters. The predicted octanol–water partition coefficient (Wildman–Crippen LogP) is 3.96. The normalized spacial score (nSPS) is 32.0. The molecule has 3 aliphatic rings. The zero-order chi connectivity index (χ0) is 15.2. The maximum Gasteiger partial charge on any atom is 0.119 e. The lowest BCUT2D eigenvalue weighted by Crippen LogP contribution is -2.60. The van der Waals surface area contributed by atoms with Crippen molar-refractivity contribution in [3.05, 3.63) is 29.3 Å². The molecule has 1 aromatic carbocycles. The number of piperidine rings is 1. The number of rotatable bonds is 2. The summed E-state index contributed by atoms with van der Waals surface area (Å²) in [5.41, 5.74) is 3.51. The highest BCUT2D eigenvalue weighted by atomic mass is 79.9. The van der Waals surface area contributed by atoms with E-state index in [0.717, 1.165) is 31.2 Å². The number of ether oxygens (including phenoxy) is 1. The van der Waals surface area contributed by atoms with E-state index in [1.54, 1.807) is 12.7 Å². The molecule has 0 unspecified atom stereocenters. The molecule has 124 valence electrons. The van der Waals surface area contributed by atoms with Crippen LogP contribution in [0.25, 0.3) is 0 Å². The standard InChI is InChI=1S/C20H25NO.BrH/c1-3-11-21-12-10-20-9-5-4-6-17(20)19(21)13-15-7-8-16(22-2)14-18(15)20;/h1,7-8,14,17,19H,4-6,9-13H2,2H3;1H/t17-,19-,20-;/m0./s1. The fraction of sp³-hybridized carbons (Fsp3) is 0.600. The number of hydrogen-bond donors (Lipinski definition) is 0. The minimum absolute atomic E-state index is 0. The summed E-state index contributed by atoms with van der Waals surface area (Å²) >= 11 is 0. The maximum atomic E-state index is 5.62. The summed E-state index contributed by atoms with van der Waals surface area (Å²) in [4.78, 5) is 2.57. The Bertz CT molecular complexity index is 623. The smallest absolute Gasteiger partial charge is 0.119 e. The summed E-state index contributed by atoms with van der Waals surface area (Å²) in [5, 5.41) is 0. The number of nitrogens with zero attached hydrogens (tertiary/aromatic N) is 1. The molecule has 2 bridgehead atoms. The third kappa shape index (κ3) is 2.51. The Morgan fingerprint density at radius 3 is 3.00 bits per heavy atom. The molecule has 1 saturated heterocycles. The van der Waals surface area contributed by atoms with E-state index < -0.39 is 0 Å². The van der Waals surface area contributed by atoms with Crippen LogP contribution in [-0.4, -0.2) is 31.1 Å². The van der Waals surface area contributed by atoms with Gasteiger partial charge < -0.3 is 4.74 Å². The van der Waals surface area contributed by atoms with E-state index in [1.165, 1.54) is 37.7 Å². The summed E-state index contributed by atoms with van der Waals surface area (Å²) in [6, 6.07) is 7.40. The van der Waals surface area contributed by atoms with Gasteiger partial charge in [-0.25, -0.2) is 0 Å². The second kappa shape index (κ2) is 6.49. The average molecular weight is 376 g/mol. The molecule has 2 fully saturated rings. The molecule has 1 saturated carbocycles. The van der Waals surface area contributed by atoms with E-state index in [9.17, 15) is 0 Å². The van der Waals surface area contributed by atoms with Crippen LogP contribution in [0.15, 0.2) is 18.2 Å². The molecular weight excluding hydrogens is 350 g/mol. The van der Waals surface area contributed by atoms with Gasteiger partial charge in [-0.2, -0.15) is 0 Å². The Hall–Kier alpha value is -0.980. The highest BCUT2D eigenvalue weighted by Gasteiger charge is 2.53. The number of methoxy groups -OCH3 is 1. The van der Waals surface area contributed by atoms with Crippen LogP contribution in [0.5, 0.6) is 5.75 Å². The molecule has 0 amide bonds. The van der Waals surface area contributed by atoms with Gasteiger partial charge in [-0.15, -0.1) is 23.4 Å². The first-order valence-electron chi connectivity index (χ1n) is 8.63. The average Bonchev–Trinajstić information content (AvgIpc) is 2.57. The van der Waals surface area contributed by atoms with E-state index in [4.69, 9.17) is 11.2 Å². The summed E-state index contributed by atoms with van der Waals surface area (Å²) < 4.78 is 5.52. The molecule has 23 heavy (non-hydrogen) atoms. The fourth-order valence-electron chi connectivity index (χ4n) is 5.50. The lowest BCUT2D eigenvalue weighted by molar-refractivity contribution is -0.00416. The van der Waals surface area contributed by atoms with Gasteiger partial charge in [-0.1, -0.05) is 24.8 Å². The topological polar surface area (TPSA) is 12.5 Å². The Morgan fingerprint density at radius 1 is 1.35 bits per heavy atom. The summed E-state index contributed by atoms with van der Waals surface area (Å²) in [6.07, 6.45) is 13.5. The fourth-order valence-corrected chi connectivity index (χ4v) is 5.50. The zero-order valence-electron chi connectivity index (χ0n) is 13.9. The first-order valence-corrected chi connectivity index (χ1v) is 8.63. The van der Waals surface area contributed by atoms with Crippen molar-refractivity contribution in [2.45, 2.75) is 50.0 Å². The first-order chi connectivity index (χ1) is 10.8. The molecule has 3 heteroatoms. The van der Waals surface area contributed by atoms with Gasteiger partial charge in [-0.05, 0) is 54.9 Å². The molecule has 0 N–H and O–H groups in total. The van der Waals surface area contributed by atoms with Crippen molar-refractivity contribution in [3.8, 4) is 18.1 Å². The number of benzene rings is 1. The van der Waals surface area contributed by atoms with Gasteiger partial charge >= 0.3 is 0 Å². The van der Waals surface area contributed by atoms with Gasteiger partial charge in [-0.3, -0.25) is 4.90 Å². The summed E-state index contributed by atoms with van der Waals surface area (Å²) in [7, 11) is 1.78. The monoisotopic (exact) mass is 375 g/mol. The SMILES string of the molecule is Br.C#CCN1CC[C@@]23CCCC[C@H]2[C@@H]1Cc1ccc(OC)cc13. The molecule has 1 aromatic rings. The van der Waals surface area contributed by atoms with Crippen LogP contribution >= 0.6 is 17.0 Å². The van der Waals surface area contributed by atoms with Crippen molar-refractivity contribution in [2.75, 3.05) is 20.2 Å². The van der Waals surface area contributed by atoms with Gasteiger partial charge in [0.1, 0.15) is 5.75 Å². The Balaban J connectivity index is 0.00000156. The van der Waals surface area contributed by atoms with Gasteiger partial charge in [0.25, 0.3) is 0 Å². The van der Waals surface area contributed by atoms with Crippen LogP contribution in [0.4, 0.5) is 0 Å². The van der Waals surface area contributed by atoms with Gasteiger partial charge in [0.05, 0.1) is 13.7 Å². The van der Waals surface area contributed by atoms with Crippen LogP contribution < -0.4 is 4.74 Å². The van der Waals surface area contributed by atoms with Gasteiger partial charge in [0.15, 0.2) is 0 Å². The van der Waals surface area contributed by atoms with Crippen molar-refractivity contribution in [1.29, 1.82) is 0 Å². The minimum atomic E-state index is 0. The first kappa shape index (κ1) is 16.9. The lowest BCUT2D eigenvalue weighted by atomic mass is 9.52. The Morgan fingerprint density at radius 2 is 2.22 bits per heavy atom. The quantitative estimate of drug-likeness (QED) is 0.725. The number of fused-ring (bicyclic) bond motifs is 1. The van der Waals surface area contributed by atoms with E-state index in [1.807, 2.05) is 0 Å². The third-order valence-corrected chi connectivity index (χ3v) is 6.45. The summed E-state index contributed by atoms with van der Waals surface area (Å²) in [5.74, 6) is 4.68. The van der Waals surface area contributed by atoms with Crippen LogP contribution in [-0.2, 0) is 11.8 Å². The molecule has 0 radical (unpaired) electrons. The van der Waals surface area contributed by atoms with Crippen molar-refractivity contribution >= 4 is 17.0 Å². The van der Waals surface area contributed by atoms with Crippen LogP contribution in [0.2, 0.25) is 0 Å². The molecular formula is C20H26BrNO. The molecule has 1 heterocycles. The molecule has 1 aliphatic heterocycles. The highest BCUT2D eigenvalue weighted by molar-refractivity contribution is 8.93. The third-order valence-electron chi connectivity index (χ3n) is 6.45. The minimum Gasteiger partial charge on any atom is -0.497 e. The number of likely N-dealkylation sites (tertiary alicyclic amines) is 1.